The Morgan fingerprint density at radius 1 is 1.00 bits per heavy atom. The molecule has 0 aliphatic carbocycles. The highest BCUT2D eigenvalue weighted by molar-refractivity contribution is 7.17. The van der Waals surface area contributed by atoms with Crippen molar-refractivity contribution < 1.29 is 14.0 Å². The van der Waals surface area contributed by atoms with Gasteiger partial charge in [0.25, 0.3) is 0 Å². The highest BCUT2D eigenvalue weighted by atomic mass is 32.1. The molecule has 0 fully saturated rings. The third-order valence-electron chi connectivity index (χ3n) is 4.80. The molecule has 0 aliphatic rings. The first-order valence-electron chi connectivity index (χ1n) is 8.90. The van der Waals surface area contributed by atoms with Crippen LogP contribution in [0.4, 0.5) is 5.69 Å². The van der Waals surface area contributed by atoms with Gasteiger partial charge in [-0.1, -0.05) is 29.8 Å². The van der Waals surface area contributed by atoms with Crippen LogP contribution in [0.25, 0.3) is 21.4 Å². The van der Waals surface area contributed by atoms with Crippen LogP contribution >= 0.6 is 11.3 Å². The summed E-state index contributed by atoms with van der Waals surface area (Å²) >= 11 is 1.43. The average Bonchev–Trinajstić information content (AvgIpc) is 3.26. The van der Waals surface area contributed by atoms with Crippen molar-refractivity contribution in [1.29, 1.82) is 0 Å². The molecule has 0 radical (unpaired) electrons. The first-order valence-corrected chi connectivity index (χ1v) is 9.72. The number of hydrogen-bond acceptors (Lipinski definition) is 5. The third kappa shape index (κ3) is 3.04. The second-order valence-corrected chi connectivity index (χ2v) is 8.01. The van der Waals surface area contributed by atoms with Crippen LogP contribution in [0.2, 0.25) is 0 Å². The first kappa shape index (κ1) is 18.2. The average molecular weight is 389 g/mol. The smallest absolute Gasteiger partial charge is 0.230 e. The predicted octanol–water partition coefficient (Wildman–Crippen LogP) is 5.79. The normalized spacial score (nSPS) is 11.1. The van der Waals surface area contributed by atoms with E-state index in [1.165, 1.54) is 11.3 Å². The molecule has 4 aromatic rings. The van der Waals surface area contributed by atoms with Gasteiger partial charge < -0.3 is 10.2 Å². The van der Waals surface area contributed by atoms with E-state index in [0.717, 1.165) is 21.6 Å². The summed E-state index contributed by atoms with van der Waals surface area (Å²) in [5.41, 5.74) is 10.6. The number of carbonyl (C=O) groups excluding carboxylic acids is 2. The standard InChI is InChI=1S/C23H19NO3S/c1-12-4-6-16(13(2)10-12)22(26)23-21(24)17-7-5-15(11-18(17)27-23)20-9-8-19(28-20)14(3)25/h4-11H,24H2,1-3H3. The molecule has 5 heteroatoms. The third-order valence-corrected chi connectivity index (χ3v) is 6.03. The van der Waals surface area contributed by atoms with E-state index in [1.54, 1.807) is 13.0 Å². The van der Waals surface area contributed by atoms with Crippen LogP contribution in [-0.2, 0) is 0 Å². The van der Waals surface area contributed by atoms with Crippen LogP contribution in [-0.4, -0.2) is 11.6 Å². The second kappa shape index (κ2) is 6.77. The Labute approximate surface area is 166 Å². The van der Waals surface area contributed by atoms with Gasteiger partial charge >= 0.3 is 0 Å². The van der Waals surface area contributed by atoms with E-state index in [9.17, 15) is 9.59 Å². The minimum Gasteiger partial charge on any atom is -0.450 e. The number of hydrogen-bond donors (Lipinski definition) is 1. The zero-order valence-corrected chi connectivity index (χ0v) is 16.6. The summed E-state index contributed by atoms with van der Waals surface area (Å²) in [6.07, 6.45) is 0. The number of thiophene rings is 1. The van der Waals surface area contributed by atoms with Crippen LogP contribution in [0.1, 0.15) is 43.8 Å². The number of nitrogen functional groups attached to an aromatic ring is 1. The molecular formula is C23H19NO3S. The Kier molecular flexibility index (Phi) is 4.40. The maximum atomic E-state index is 13.0. The minimum atomic E-state index is -0.220. The lowest BCUT2D eigenvalue weighted by Gasteiger charge is -2.04. The molecule has 0 amide bonds. The maximum Gasteiger partial charge on any atom is 0.230 e. The Bertz CT molecular complexity index is 1250. The van der Waals surface area contributed by atoms with Crippen LogP contribution < -0.4 is 5.73 Å². The number of aryl methyl sites for hydroxylation is 2. The van der Waals surface area contributed by atoms with E-state index < -0.39 is 0 Å². The van der Waals surface area contributed by atoms with Gasteiger partial charge in [-0.05, 0) is 56.2 Å². The molecule has 0 bridgehead atoms. The van der Waals surface area contributed by atoms with E-state index >= 15 is 0 Å². The lowest BCUT2D eigenvalue weighted by Crippen LogP contribution is -2.05. The highest BCUT2D eigenvalue weighted by Gasteiger charge is 2.22. The number of benzene rings is 2. The molecule has 4 rings (SSSR count). The van der Waals surface area contributed by atoms with Crippen molar-refractivity contribution >= 4 is 39.6 Å². The molecule has 0 atom stereocenters. The number of Topliss-reactive ketones (excluding diaryl/α,β-unsaturated/α-hetero) is 1. The van der Waals surface area contributed by atoms with Crippen molar-refractivity contribution in [3.8, 4) is 10.4 Å². The van der Waals surface area contributed by atoms with Crippen molar-refractivity contribution in [2.75, 3.05) is 5.73 Å². The highest BCUT2D eigenvalue weighted by Crippen LogP contribution is 2.35. The molecule has 0 unspecified atom stereocenters. The molecule has 2 N–H and O–H groups in total. The largest absolute Gasteiger partial charge is 0.450 e. The topological polar surface area (TPSA) is 73.3 Å². The predicted molar refractivity (Wildman–Crippen MR) is 113 cm³/mol. The monoisotopic (exact) mass is 389 g/mol. The Balaban J connectivity index is 1.77. The summed E-state index contributed by atoms with van der Waals surface area (Å²) in [5.74, 6) is -0.0154. The van der Waals surface area contributed by atoms with Crippen molar-refractivity contribution in [3.05, 3.63) is 75.9 Å². The molecule has 0 aliphatic heterocycles. The van der Waals surface area contributed by atoms with Crippen molar-refractivity contribution in [1.82, 2.24) is 0 Å². The summed E-state index contributed by atoms with van der Waals surface area (Å²) in [4.78, 5) is 26.2. The summed E-state index contributed by atoms with van der Waals surface area (Å²) < 4.78 is 5.88. The number of nitrogens with two attached hydrogens (primary N) is 1. The fraction of sp³-hybridized carbons (Fsp3) is 0.130. The van der Waals surface area contributed by atoms with Crippen LogP contribution in [0.5, 0.6) is 0 Å². The van der Waals surface area contributed by atoms with E-state index in [0.29, 0.717) is 27.1 Å². The number of carbonyl (C=O) groups is 2. The van der Waals surface area contributed by atoms with Gasteiger partial charge in [0.15, 0.2) is 11.5 Å². The first-order chi connectivity index (χ1) is 13.3. The zero-order valence-electron chi connectivity index (χ0n) is 15.8. The summed E-state index contributed by atoms with van der Waals surface area (Å²) in [6, 6.07) is 15.0. The van der Waals surface area contributed by atoms with E-state index in [2.05, 4.69) is 0 Å². The van der Waals surface area contributed by atoms with Crippen LogP contribution in [0.3, 0.4) is 0 Å². The quantitative estimate of drug-likeness (QED) is 0.448. The number of furan rings is 1. The van der Waals surface area contributed by atoms with Gasteiger partial charge in [-0.15, -0.1) is 11.3 Å². The lowest BCUT2D eigenvalue weighted by molar-refractivity contribution is 0.101. The number of anilines is 1. The van der Waals surface area contributed by atoms with E-state index in [1.807, 2.05) is 56.3 Å². The van der Waals surface area contributed by atoms with E-state index in [4.69, 9.17) is 10.2 Å². The van der Waals surface area contributed by atoms with Gasteiger partial charge in [-0.25, -0.2) is 0 Å². The Morgan fingerprint density at radius 2 is 1.79 bits per heavy atom. The Morgan fingerprint density at radius 3 is 2.46 bits per heavy atom. The SMILES string of the molecule is CC(=O)c1ccc(-c2ccc3c(N)c(C(=O)c4ccc(C)cc4C)oc3c2)s1. The van der Waals surface area contributed by atoms with Crippen molar-refractivity contribution in [2.45, 2.75) is 20.8 Å². The molecule has 2 heterocycles. The van der Waals surface area contributed by atoms with Gasteiger partial charge in [0.05, 0.1) is 10.6 Å². The molecule has 2 aromatic heterocycles. The van der Waals surface area contributed by atoms with E-state index in [-0.39, 0.29) is 17.3 Å². The molecule has 140 valence electrons. The Hall–Kier alpha value is -3.18. The van der Waals surface area contributed by atoms with Crippen molar-refractivity contribution in [3.63, 3.8) is 0 Å². The maximum absolute atomic E-state index is 13.0. The second-order valence-electron chi connectivity index (χ2n) is 6.92. The van der Waals surface area contributed by atoms with Gasteiger partial charge in [-0.3, -0.25) is 9.59 Å². The molecule has 4 nitrogen and oxygen atoms in total. The fourth-order valence-corrected chi connectivity index (χ4v) is 4.21. The molecule has 0 spiro atoms. The number of rotatable bonds is 4. The molecule has 2 aromatic carbocycles. The summed E-state index contributed by atoms with van der Waals surface area (Å²) in [5, 5.41) is 0.709. The zero-order chi connectivity index (χ0) is 20.0. The number of ketones is 2. The minimum absolute atomic E-state index is 0.0425. The van der Waals surface area contributed by atoms with Crippen LogP contribution in [0.15, 0.2) is 52.9 Å². The van der Waals surface area contributed by atoms with Crippen LogP contribution in [0, 0.1) is 13.8 Å². The van der Waals surface area contributed by atoms with Crippen molar-refractivity contribution in [2.24, 2.45) is 0 Å². The van der Waals surface area contributed by atoms with Gasteiger partial charge in [-0.2, -0.15) is 0 Å². The summed E-state index contributed by atoms with van der Waals surface area (Å²) in [6.45, 7) is 5.44. The number of fused-ring (bicyclic) bond motifs is 1. The fourth-order valence-electron chi connectivity index (χ4n) is 3.31. The van der Waals surface area contributed by atoms with Gasteiger partial charge in [0.2, 0.25) is 5.78 Å². The molecule has 0 saturated carbocycles. The molecule has 0 saturated heterocycles. The molecular weight excluding hydrogens is 370 g/mol. The molecule has 28 heavy (non-hydrogen) atoms. The lowest BCUT2D eigenvalue weighted by atomic mass is 10.00. The van der Waals surface area contributed by atoms with Gasteiger partial charge in [0, 0.05) is 15.8 Å². The summed E-state index contributed by atoms with van der Waals surface area (Å²) in [7, 11) is 0. The van der Waals surface area contributed by atoms with Gasteiger partial charge in [0.1, 0.15) is 5.58 Å².